The first-order chi connectivity index (χ1) is 14.0. The molecule has 0 N–H and O–H groups in total. The summed E-state index contributed by atoms with van der Waals surface area (Å²) in [5.74, 6) is 2.46. The largest absolute Gasteiger partial charge is 0.497 e. The van der Waals surface area contributed by atoms with Gasteiger partial charge in [-0.3, -0.25) is 0 Å². The Kier molecular flexibility index (Phi) is 7.16. The van der Waals surface area contributed by atoms with Crippen LogP contribution in [0.4, 0.5) is 0 Å². The summed E-state index contributed by atoms with van der Waals surface area (Å²) in [6.07, 6.45) is 0. The second-order valence-corrected chi connectivity index (χ2v) is 9.14. The van der Waals surface area contributed by atoms with Gasteiger partial charge >= 0.3 is 0 Å². The minimum absolute atomic E-state index is 0.180. The number of hydrogen-bond donors (Lipinski definition) is 0. The van der Waals surface area contributed by atoms with Crippen LogP contribution in [0.2, 0.25) is 0 Å². The van der Waals surface area contributed by atoms with Crippen molar-refractivity contribution in [3.63, 3.8) is 0 Å². The summed E-state index contributed by atoms with van der Waals surface area (Å²) >= 11 is 1.49. The van der Waals surface area contributed by atoms with E-state index >= 15 is 0 Å². The Bertz CT molecular complexity index is 1020. The number of thioether (sulfide) groups is 1. The summed E-state index contributed by atoms with van der Waals surface area (Å²) in [6.45, 7) is 3.03. The summed E-state index contributed by atoms with van der Waals surface area (Å²) in [7, 11) is -1.85. The van der Waals surface area contributed by atoms with Gasteiger partial charge in [-0.05, 0) is 43.3 Å². The van der Waals surface area contributed by atoms with Crippen molar-refractivity contribution >= 4 is 21.6 Å². The molecular formula is C20H23N3O4S2. The Morgan fingerprint density at radius 1 is 1.00 bits per heavy atom. The lowest BCUT2D eigenvalue weighted by molar-refractivity contribution is 0.342. The summed E-state index contributed by atoms with van der Waals surface area (Å²) in [5.41, 5.74) is 0. The van der Waals surface area contributed by atoms with Crippen molar-refractivity contribution in [1.82, 2.24) is 14.8 Å². The van der Waals surface area contributed by atoms with Crippen LogP contribution in [0, 0.1) is 0 Å². The summed E-state index contributed by atoms with van der Waals surface area (Å²) in [4.78, 5) is 0.285. The average molecular weight is 434 g/mol. The molecular weight excluding hydrogens is 410 g/mol. The van der Waals surface area contributed by atoms with Crippen molar-refractivity contribution in [2.24, 2.45) is 0 Å². The van der Waals surface area contributed by atoms with Gasteiger partial charge in [-0.2, -0.15) is 0 Å². The standard InChI is InChI=1S/C20H23N3O4S2/c1-3-23-19(15-29(24,25)18-7-5-4-6-8-18)21-22-20(23)28-14-13-27-17-11-9-16(26-2)10-12-17/h4-12H,3,13-15H2,1-2H3. The lowest BCUT2D eigenvalue weighted by Gasteiger charge is -2.09. The second-order valence-electron chi connectivity index (χ2n) is 6.09. The third-order valence-corrected chi connectivity index (χ3v) is 6.73. The minimum Gasteiger partial charge on any atom is -0.497 e. The molecule has 0 aliphatic heterocycles. The Labute approximate surface area is 175 Å². The molecule has 0 spiro atoms. The Morgan fingerprint density at radius 3 is 2.34 bits per heavy atom. The molecule has 0 fully saturated rings. The maximum absolute atomic E-state index is 12.6. The highest BCUT2D eigenvalue weighted by Gasteiger charge is 2.20. The predicted molar refractivity (Wildman–Crippen MR) is 112 cm³/mol. The number of methoxy groups -OCH3 is 1. The maximum Gasteiger partial charge on any atom is 0.191 e. The third-order valence-electron chi connectivity index (χ3n) is 4.17. The SMILES string of the molecule is CCn1c(CS(=O)(=O)c2ccccc2)nnc1SCCOc1ccc(OC)cc1. The van der Waals surface area contributed by atoms with Crippen molar-refractivity contribution in [2.45, 2.75) is 29.3 Å². The minimum atomic E-state index is -3.47. The highest BCUT2D eigenvalue weighted by molar-refractivity contribution is 7.99. The predicted octanol–water partition coefficient (Wildman–Crippen LogP) is 3.45. The molecule has 1 heterocycles. The molecule has 0 unspecified atom stereocenters. The molecule has 29 heavy (non-hydrogen) atoms. The normalized spacial score (nSPS) is 11.4. The van der Waals surface area contributed by atoms with Gasteiger partial charge in [0.25, 0.3) is 0 Å². The fraction of sp³-hybridized carbons (Fsp3) is 0.300. The monoisotopic (exact) mass is 433 g/mol. The van der Waals surface area contributed by atoms with Gasteiger partial charge in [0.2, 0.25) is 0 Å². The van der Waals surface area contributed by atoms with Gasteiger partial charge in [0.05, 0.1) is 18.6 Å². The van der Waals surface area contributed by atoms with Crippen LogP contribution in [0.1, 0.15) is 12.7 Å². The van der Waals surface area contributed by atoms with Gasteiger partial charge in [0.15, 0.2) is 15.0 Å². The van der Waals surface area contributed by atoms with E-state index in [4.69, 9.17) is 9.47 Å². The fourth-order valence-electron chi connectivity index (χ4n) is 2.70. The number of sulfone groups is 1. The number of hydrogen-bond acceptors (Lipinski definition) is 7. The van der Waals surface area contributed by atoms with E-state index in [1.165, 1.54) is 11.8 Å². The summed E-state index contributed by atoms with van der Waals surface area (Å²) in [6, 6.07) is 15.8. The zero-order valence-electron chi connectivity index (χ0n) is 16.3. The summed E-state index contributed by atoms with van der Waals surface area (Å²) in [5, 5.41) is 8.97. The number of rotatable bonds is 10. The first-order valence-corrected chi connectivity index (χ1v) is 11.8. The number of ether oxygens (including phenoxy) is 2. The molecule has 3 rings (SSSR count). The van der Waals surface area contributed by atoms with Crippen LogP contribution in [-0.2, 0) is 22.1 Å². The first-order valence-electron chi connectivity index (χ1n) is 9.13. The smallest absolute Gasteiger partial charge is 0.191 e. The molecule has 0 saturated heterocycles. The van der Waals surface area contributed by atoms with E-state index in [0.717, 1.165) is 11.5 Å². The highest BCUT2D eigenvalue weighted by atomic mass is 32.2. The number of aromatic nitrogens is 3. The molecule has 0 saturated carbocycles. The van der Waals surface area contributed by atoms with Crippen molar-refractivity contribution in [1.29, 1.82) is 0 Å². The van der Waals surface area contributed by atoms with Crippen LogP contribution in [0.3, 0.4) is 0 Å². The molecule has 1 aromatic heterocycles. The Hall–Kier alpha value is -2.52. The molecule has 7 nitrogen and oxygen atoms in total. The van der Waals surface area contributed by atoms with Crippen molar-refractivity contribution in [3.8, 4) is 11.5 Å². The van der Waals surface area contributed by atoms with Gasteiger partial charge < -0.3 is 14.0 Å². The van der Waals surface area contributed by atoms with Crippen molar-refractivity contribution in [2.75, 3.05) is 19.5 Å². The topological polar surface area (TPSA) is 83.3 Å². The fourth-order valence-corrected chi connectivity index (χ4v) is 4.83. The van der Waals surface area contributed by atoms with E-state index in [2.05, 4.69) is 10.2 Å². The molecule has 0 aliphatic carbocycles. The molecule has 0 aliphatic rings. The lowest BCUT2D eigenvalue weighted by Crippen LogP contribution is -2.11. The zero-order valence-corrected chi connectivity index (χ0v) is 17.9. The van der Waals surface area contributed by atoms with Crippen molar-refractivity contribution < 1.29 is 17.9 Å². The summed E-state index contributed by atoms with van der Waals surface area (Å²) < 4.78 is 37.9. The van der Waals surface area contributed by atoms with Crippen LogP contribution in [0.5, 0.6) is 11.5 Å². The van der Waals surface area contributed by atoms with Crippen LogP contribution in [-0.4, -0.2) is 42.7 Å². The molecule has 0 radical (unpaired) electrons. The third kappa shape index (κ3) is 5.51. The molecule has 2 aromatic carbocycles. The quantitative estimate of drug-likeness (QED) is 0.358. The molecule has 0 amide bonds. The molecule has 3 aromatic rings. The first kappa shape index (κ1) is 21.2. The van der Waals surface area contributed by atoms with E-state index in [1.807, 2.05) is 35.8 Å². The van der Waals surface area contributed by atoms with E-state index in [0.29, 0.717) is 29.9 Å². The Morgan fingerprint density at radius 2 is 1.69 bits per heavy atom. The highest BCUT2D eigenvalue weighted by Crippen LogP contribution is 2.22. The van der Waals surface area contributed by atoms with Gasteiger partial charge in [-0.1, -0.05) is 30.0 Å². The van der Waals surface area contributed by atoms with Crippen molar-refractivity contribution in [3.05, 3.63) is 60.4 Å². The van der Waals surface area contributed by atoms with E-state index in [1.54, 1.807) is 37.4 Å². The molecule has 9 heteroatoms. The van der Waals surface area contributed by atoms with Gasteiger partial charge in [-0.15, -0.1) is 10.2 Å². The number of benzene rings is 2. The lowest BCUT2D eigenvalue weighted by atomic mass is 10.3. The van der Waals surface area contributed by atoms with Crippen LogP contribution < -0.4 is 9.47 Å². The van der Waals surface area contributed by atoms with Crippen LogP contribution >= 0.6 is 11.8 Å². The molecule has 154 valence electrons. The Balaban J connectivity index is 1.59. The van der Waals surface area contributed by atoms with Crippen LogP contribution in [0.25, 0.3) is 0 Å². The van der Waals surface area contributed by atoms with E-state index in [-0.39, 0.29) is 10.6 Å². The van der Waals surface area contributed by atoms with Crippen LogP contribution in [0.15, 0.2) is 64.6 Å². The van der Waals surface area contributed by atoms with E-state index in [9.17, 15) is 8.42 Å². The van der Waals surface area contributed by atoms with E-state index < -0.39 is 9.84 Å². The maximum atomic E-state index is 12.6. The average Bonchev–Trinajstić information content (AvgIpc) is 3.13. The van der Waals surface area contributed by atoms with Gasteiger partial charge in [0.1, 0.15) is 23.1 Å². The molecule has 0 bridgehead atoms. The molecule has 0 atom stereocenters. The number of nitrogens with zero attached hydrogens (tertiary/aromatic N) is 3. The second kappa shape index (κ2) is 9.80. The van der Waals surface area contributed by atoms with Gasteiger partial charge in [-0.25, -0.2) is 8.42 Å². The zero-order chi connectivity index (χ0) is 20.7. The van der Waals surface area contributed by atoms with Gasteiger partial charge in [0, 0.05) is 12.3 Å².